The maximum atomic E-state index is 11.7. The van der Waals surface area contributed by atoms with E-state index in [0.29, 0.717) is 12.8 Å². The quantitative estimate of drug-likeness (QED) is 0.638. The third-order valence-corrected chi connectivity index (χ3v) is 3.27. The molecule has 0 spiro atoms. The Balaban J connectivity index is 2.15. The molecule has 2 unspecified atom stereocenters. The summed E-state index contributed by atoms with van der Waals surface area (Å²) in [7, 11) is 0. The van der Waals surface area contributed by atoms with Crippen molar-refractivity contribution in [3.8, 4) is 0 Å². The third-order valence-electron chi connectivity index (χ3n) is 3.27. The van der Waals surface area contributed by atoms with E-state index >= 15 is 0 Å². The first-order valence-electron chi connectivity index (χ1n) is 5.66. The largest absolute Gasteiger partial charge is 0.459 e. The van der Waals surface area contributed by atoms with E-state index in [-0.39, 0.29) is 23.8 Å². The number of esters is 2. The Morgan fingerprint density at radius 2 is 1.19 bits per heavy atom. The Bertz CT molecular complexity index is 309. The Kier molecular flexibility index (Phi) is 2.30. The lowest BCUT2D eigenvalue weighted by Gasteiger charge is -2.16. The molecule has 90 valence electrons. The van der Waals surface area contributed by atoms with Gasteiger partial charge in [-0.05, 0) is 27.7 Å². The van der Waals surface area contributed by atoms with Gasteiger partial charge in [-0.25, -0.2) is 0 Å². The Morgan fingerprint density at radius 3 is 1.38 bits per heavy atom. The lowest BCUT2D eigenvalue weighted by Crippen LogP contribution is -2.23. The van der Waals surface area contributed by atoms with Gasteiger partial charge in [-0.3, -0.25) is 9.59 Å². The van der Waals surface area contributed by atoms with Crippen LogP contribution in [0.4, 0.5) is 0 Å². The highest BCUT2D eigenvalue weighted by atomic mass is 16.6. The van der Waals surface area contributed by atoms with Crippen LogP contribution in [0.1, 0.15) is 40.5 Å². The summed E-state index contributed by atoms with van der Waals surface area (Å²) in [5.41, 5.74) is -0.899. The van der Waals surface area contributed by atoms with E-state index in [2.05, 4.69) is 0 Å². The Morgan fingerprint density at radius 1 is 0.875 bits per heavy atom. The zero-order valence-electron chi connectivity index (χ0n) is 10.2. The maximum absolute atomic E-state index is 11.7. The van der Waals surface area contributed by atoms with E-state index in [4.69, 9.17) is 9.47 Å². The molecule has 2 atom stereocenters. The molecule has 0 aromatic rings. The molecule has 2 rings (SSSR count). The number of rotatable bonds is 1. The number of hydrogen-bond donors (Lipinski definition) is 0. The average molecular weight is 226 g/mol. The molecule has 2 fully saturated rings. The molecular weight excluding hydrogens is 208 g/mol. The average Bonchev–Trinajstić information content (AvgIpc) is 2.48. The van der Waals surface area contributed by atoms with Gasteiger partial charge in [0.1, 0.15) is 11.2 Å². The first kappa shape index (κ1) is 11.4. The second-order valence-corrected chi connectivity index (χ2v) is 5.98. The summed E-state index contributed by atoms with van der Waals surface area (Å²) in [6, 6.07) is 0. The van der Waals surface area contributed by atoms with Crippen LogP contribution in [-0.4, -0.2) is 23.1 Å². The molecule has 2 heterocycles. The molecule has 0 aromatic heterocycles. The van der Waals surface area contributed by atoms with Crippen LogP contribution < -0.4 is 0 Å². The Hall–Kier alpha value is -1.06. The van der Waals surface area contributed by atoms with Gasteiger partial charge in [0.05, 0.1) is 11.8 Å². The van der Waals surface area contributed by atoms with Gasteiger partial charge in [0, 0.05) is 12.8 Å². The number of carbonyl (C=O) groups excluding carboxylic acids is 2. The molecule has 0 aliphatic carbocycles. The van der Waals surface area contributed by atoms with Crippen molar-refractivity contribution in [3.63, 3.8) is 0 Å². The number of ether oxygens (including phenoxy) is 2. The van der Waals surface area contributed by atoms with Crippen LogP contribution in [-0.2, 0) is 19.1 Å². The van der Waals surface area contributed by atoms with Crippen LogP contribution in [0.3, 0.4) is 0 Å². The van der Waals surface area contributed by atoms with Crippen LogP contribution in [0, 0.1) is 11.8 Å². The van der Waals surface area contributed by atoms with Crippen molar-refractivity contribution in [3.05, 3.63) is 0 Å². The van der Waals surface area contributed by atoms with Gasteiger partial charge in [-0.2, -0.15) is 0 Å². The zero-order chi connectivity index (χ0) is 12.1. The van der Waals surface area contributed by atoms with Crippen LogP contribution in [0.5, 0.6) is 0 Å². The van der Waals surface area contributed by atoms with Gasteiger partial charge in [0.2, 0.25) is 0 Å². The van der Waals surface area contributed by atoms with E-state index in [0.717, 1.165) is 0 Å². The van der Waals surface area contributed by atoms with Crippen molar-refractivity contribution in [1.82, 2.24) is 0 Å². The van der Waals surface area contributed by atoms with E-state index in [1.54, 1.807) is 0 Å². The number of carbonyl (C=O) groups is 2. The summed E-state index contributed by atoms with van der Waals surface area (Å²) in [6.45, 7) is 7.49. The van der Waals surface area contributed by atoms with Crippen LogP contribution in [0.2, 0.25) is 0 Å². The number of cyclic esters (lactones) is 2. The van der Waals surface area contributed by atoms with Crippen LogP contribution in [0.15, 0.2) is 0 Å². The highest BCUT2D eigenvalue weighted by molar-refractivity contribution is 5.85. The molecule has 2 saturated heterocycles. The molecule has 0 amide bonds. The standard InChI is InChI=1S/C12H18O4/c1-11(2)5-7(9(13)15-11)8-6-12(3,4)16-10(8)14/h7-8H,5-6H2,1-4H3. The summed E-state index contributed by atoms with van der Waals surface area (Å²) in [4.78, 5) is 23.4. The van der Waals surface area contributed by atoms with E-state index in [1.165, 1.54) is 0 Å². The minimum absolute atomic E-state index is 0.260. The second-order valence-electron chi connectivity index (χ2n) is 5.98. The molecule has 4 heteroatoms. The van der Waals surface area contributed by atoms with Gasteiger partial charge in [-0.1, -0.05) is 0 Å². The van der Waals surface area contributed by atoms with Crippen molar-refractivity contribution in [2.24, 2.45) is 11.8 Å². The summed E-state index contributed by atoms with van der Waals surface area (Å²) in [6.07, 6.45) is 1.20. The van der Waals surface area contributed by atoms with E-state index < -0.39 is 11.2 Å². The summed E-state index contributed by atoms with van der Waals surface area (Å²) in [5.74, 6) is -1.18. The summed E-state index contributed by atoms with van der Waals surface area (Å²) < 4.78 is 10.5. The van der Waals surface area contributed by atoms with Gasteiger partial charge in [-0.15, -0.1) is 0 Å². The minimum Gasteiger partial charge on any atom is -0.459 e. The fourth-order valence-corrected chi connectivity index (χ4v) is 2.62. The van der Waals surface area contributed by atoms with E-state index in [1.807, 2.05) is 27.7 Å². The Labute approximate surface area is 95.3 Å². The first-order valence-corrected chi connectivity index (χ1v) is 5.66. The molecule has 0 radical (unpaired) electrons. The van der Waals surface area contributed by atoms with Crippen LogP contribution in [0.25, 0.3) is 0 Å². The third kappa shape index (κ3) is 1.93. The lowest BCUT2D eigenvalue weighted by molar-refractivity contribution is -0.155. The lowest BCUT2D eigenvalue weighted by atomic mass is 9.82. The smallest absolute Gasteiger partial charge is 0.310 e. The van der Waals surface area contributed by atoms with Crippen LogP contribution >= 0.6 is 0 Å². The van der Waals surface area contributed by atoms with Gasteiger partial charge >= 0.3 is 11.9 Å². The number of hydrogen-bond acceptors (Lipinski definition) is 4. The molecule has 0 saturated carbocycles. The predicted molar refractivity (Wildman–Crippen MR) is 56.6 cm³/mol. The van der Waals surface area contributed by atoms with Gasteiger partial charge in [0.15, 0.2) is 0 Å². The van der Waals surface area contributed by atoms with Gasteiger partial charge < -0.3 is 9.47 Å². The normalized spacial score (nSPS) is 36.0. The molecule has 0 aromatic carbocycles. The molecule has 16 heavy (non-hydrogen) atoms. The molecule has 2 aliphatic heterocycles. The fraction of sp³-hybridized carbons (Fsp3) is 0.833. The predicted octanol–water partition coefficient (Wildman–Crippen LogP) is 1.67. The molecule has 4 nitrogen and oxygen atoms in total. The molecule has 0 N–H and O–H groups in total. The second kappa shape index (κ2) is 3.22. The highest BCUT2D eigenvalue weighted by Gasteiger charge is 2.52. The van der Waals surface area contributed by atoms with Crippen molar-refractivity contribution in [2.45, 2.75) is 51.7 Å². The summed E-state index contributed by atoms with van der Waals surface area (Å²) >= 11 is 0. The molecular formula is C12H18O4. The maximum Gasteiger partial charge on any atom is 0.310 e. The fourth-order valence-electron chi connectivity index (χ4n) is 2.62. The van der Waals surface area contributed by atoms with Crippen molar-refractivity contribution >= 4 is 11.9 Å². The highest BCUT2D eigenvalue weighted by Crippen LogP contribution is 2.42. The monoisotopic (exact) mass is 226 g/mol. The zero-order valence-corrected chi connectivity index (χ0v) is 10.2. The topological polar surface area (TPSA) is 52.6 Å². The van der Waals surface area contributed by atoms with E-state index in [9.17, 15) is 9.59 Å². The molecule has 2 aliphatic rings. The van der Waals surface area contributed by atoms with Crippen molar-refractivity contribution < 1.29 is 19.1 Å². The summed E-state index contributed by atoms with van der Waals surface area (Å²) in [5, 5.41) is 0. The van der Waals surface area contributed by atoms with Gasteiger partial charge in [0.25, 0.3) is 0 Å². The first-order chi connectivity index (χ1) is 7.20. The van der Waals surface area contributed by atoms with Crippen molar-refractivity contribution in [1.29, 1.82) is 0 Å². The molecule has 0 bridgehead atoms. The SMILES string of the molecule is CC1(C)CC(C2CC(C)(C)OC2=O)C(=O)O1. The van der Waals surface area contributed by atoms with Crippen molar-refractivity contribution in [2.75, 3.05) is 0 Å². The minimum atomic E-state index is -0.450.